The number of carbonyl (C=O) groups is 3. The molecule has 164 valence electrons. The van der Waals surface area contributed by atoms with E-state index in [1.807, 2.05) is 6.92 Å². The molecular weight excluding hydrogens is 401 g/mol. The van der Waals surface area contributed by atoms with E-state index in [1.165, 1.54) is 11.0 Å². The zero-order valence-electron chi connectivity index (χ0n) is 17.1. The molecule has 1 saturated carbocycles. The van der Waals surface area contributed by atoms with E-state index in [1.54, 1.807) is 14.1 Å². The van der Waals surface area contributed by atoms with Gasteiger partial charge in [-0.05, 0) is 37.0 Å². The van der Waals surface area contributed by atoms with Crippen LogP contribution in [0.4, 0.5) is 29.3 Å². The molecule has 2 N–H and O–H groups in total. The minimum absolute atomic E-state index is 0.0776. The lowest BCUT2D eigenvalue weighted by molar-refractivity contribution is -0.137. The van der Waals surface area contributed by atoms with Gasteiger partial charge in [0.15, 0.2) is 0 Å². The van der Waals surface area contributed by atoms with Gasteiger partial charge in [-0.25, -0.2) is 4.79 Å². The number of benzene rings is 1. The van der Waals surface area contributed by atoms with Gasteiger partial charge in [0, 0.05) is 19.8 Å². The molecule has 1 heterocycles. The predicted octanol–water partition coefficient (Wildman–Crippen LogP) is 3.21. The smallest absolute Gasteiger partial charge is 0.378 e. The van der Waals surface area contributed by atoms with Crippen molar-refractivity contribution in [3.05, 3.63) is 23.8 Å². The van der Waals surface area contributed by atoms with Crippen molar-refractivity contribution < 1.29 is 27.6 Å². The lowest BCUT2D eigenvalue weighted by atomic mass is 9.73. The SMILES string of the molecule is CC1CCCCC12NC(=O)N(CC(=O)Nc1ccc(N(C)C)cc1C(F)(F)F)C2=O. The molecule has 4 amide bonds. The number of nitrogens with one attached hydrogen (secondary N) is 2. The summed E-state index contributed by atoms with van der Waals surface area (Å²) in [7, 11) is 3.21. The maximum Gasteiger partial charge on any atom is 0.418 e. The first-order valence-electron chi connectivity index (χ1n) is 9.78. The Morgan fingerprint density at radius 3 is 2.60 bits per heavy atom. The van der Waals surface area contributed by atoms with E-state index < -0.39 is 47.4 Å². The zero-order valence-corrected chi connectivity index (χ0v) is 17.1. The third-order valence-corrected chi connectivity index (χ3v) is 5.90. The van der Waals surface area contributed by atoms with Crippen LogP contribution in [-0.2, 0) is 15.8 Å². The van der Waals surface area contributed by atoms with E-state index in [-0.39, 0.29) is 5.92 Å². The Kier molecular flexibility index (Phi) is 5.70. The maximum atomic E-state index is 13.5. The highest BCUT2D eigenvalue weighted by atomic mass is 19.4. The average molecular weight is 426 g/mol. The summed E-state index contributed by atoms with van der Waals surface area (Å²) in [5, 5.41) is 4.92. The molecule has 0 aromatic heterocycles. The Bertz CT molecular complexity index is 871. The van der Waals surface area contributed by atoms with Gasteiger partial charge < -0.3 is 15.5 Å². The number of rotatable bonds is 4. The van der Waals surface area contributed by atoms with Crippen LogP contribution < -0.4 is 15.5 Å². The maximum absolute atomic E-state index is 13.5. The molecule has 2 fully saturated rings. The summed E-state index contributed by atoms with van der Waals surface area (Å²) in [5.74, 6) is -1.44. The number of hydrogen-bond acceptors (Lipinski definition) is 4. The molecule has 1 aromatic rings. The van der Waals surface area contributed by atoms with Crippen LogP contribution in [0.1, 0.15) is 38.2 Å². The first-order chi connectivity index (χ1) is 14.0. The van der Waals surface area contributed by atoms with E-state index in [2.05, 4.69) is 10.6 Å². The number of imide groups is 1. The van der Waals surface area contributed by atoms with Crippen LogP contribution in [0.25, 0.3) is 0 Å². The molecule has 3 rings (SSSR count). The minimum Gasteiger partial charge on any atom is -0.378 e. The van der Waals surface area contributed by atoms with Crippen molar-refractivity contribution in [2.24, 2.45) is 5.92 Å². The summed E-state index contributed by atoms with van der Waals surface area (Å²) in [6, 6.07) is 2.84. The van der Waals surface area contributed by atoms with E-state index in [0.29, 0.717) is 12.1 Å². The molecule has 7 nitrogen and oxygen atoms in total. The standard InChI is InChI=1S/C20H25F3N4O3/c1-12-6-4-5-9-19(12)17(29)27(18(30)25-19)11-16(28)24-15-8-7-13(26(2)3)10-14(15)20(21,22)23/h7-8,10,12H,4-6,9,11H2,1-3H3,(H,24,28)(H,25,30). The van der Waals surface area contributed by atoms with Crippen LogP contribution in [0.3, 0.4) is 0 Å². The van der Waals surface area contributed by atoms with Gasteiger partial charge in [0.25, 0.3) is 5.91 Å². The van der Waals surface area contributed by atoms with Gasteiger partial charge in [-0.15, -0.1) is 0 Å². The Morgan fingerprint density at radius 1 is 1.30 bits per heavy atom. The number of alkyl halides is 3. The Balaban J connectivity index is 1.78. The predicted molar refractivity (Wildman–Crippen MR) is 105 cm³/mol. The number of carbonyl (C=O) groups excluding carboxylic acids is 3. The lowest BCUT2D eigenvalue weighted by Gasteiger charge is -2.36. The van der Waals surface area contributed by atoms with Crippen molar-refractivity contribution in [2.45, 2.75) is 44.3 Å². The Labute approximate surface area is 172 Å². The molecule has 0 radical (unpaired) electrons. The van der Waals surface area contributed by atoms with Crippen molar-refractivity contribution in [1.82, 2.24) is 10.2 Å². The quantitative estimate of drug-likeness (QED) is 0.725. The van der Waals surface area contributed by atoms with Crippen molar-refractivity contribution in [3.63, 3.8) is 0 Å². The Hall–Kier alpha value is -2.78. The van der Waals surface area contributed by atoms with Crippen molar-refractivity contribution in [2.75, 3.05) is 30.9 Å². The van der Waals surface area contributed by atoms with Gasteiger partial charge in [-0.3, -0.25) is 14.5 Å². The molecule has 2 atom stereocenters. The minimum atomic E-state index is -4.68. The summed E-state index contributed by atoms with van der Waals surface area (Å²) in [6.45, 7) is 1.23. The first kappa shape index (κ1) is 21.9. The highest BCUT2D eigenvalue weighted by Gasteiger charge is 2.55. The molecule has 10 heteroatoms. The average Bonchev–Trinajstić information content (AvgIpc) is 2.88. The number of amides is 4. The van der Waals surface area contributed by atoms with Crippen LogP contribution in [0.2, 0.25) is 0 Å². The summed E-state index contributed by atoms with van der Waals surface area (Å²) in [6.07, 6.45) is -1.68. The number of nitrogens with zero attached hydrogens (tertiary/aromatic N) is 2. The molecule has 2 aliphatic rings. The van der Waals surface area contributed by atoms with Crippen molar-refractivity contribution >= 4 is 29.2 Å². The molecule has 1 aliphatic heterocycles. The Morgan fingerprint density at radius 2 is 2.00 bits per heavy atom. The number of hydrogen-bond donors (Lipinski definition) is 2. The zero-order chi connectivity index (χ0) is 22.3. The fraction of sp³-hybridized carbons (Fsp3) is 0.550. The van der Waals surface area contributed by atoms with E-state index in [9.17, 15) is 27.6 Å². The van der Waals surface area contributed by atoms with Gasteiger partial charge in [0.1, 0.15) is 12.1 Å². The fourth-order valence-corrected chi connectivity index (χ4v) is 4.13. The second-order valence-electron chi connectivity index (χ2n) is 8.11. The molecule has 30 heavy (non-hydrogen) atoms. The van der Waals surface area contributed by atoms with Crippen LogP contribution in [0.15, 0.2) is 18.2 Å². The third-order valence-electron chi connectivity index (χ3n) is 5.90. The van der Waals surface area contributed by atoms with Crippen molar-refractivity contribution in [3.8, 4) is 0 Å². The van der Waals surface area contributed by atoms with Gasteiger partial charge in [0.05, 0.1) is 11.3 Å². The van der Waals surface area contributed by atoms with Crippen LogP contribution in [-0.4, -0.2) is 48.9 Å². The second-order valence-corrected chi connectivity index (χ2v) is 8.11. The van der Waals surface area contributed by atoms with E-state index >= 15 is 0 Å². The third kappa shape index (κ3) is 3.95. The fourth-order valence-electron chi connectivity index (χ4n) is 4.13. The monoisotopic (exact) mass is 426 g/mol. The molecule has 1 aliphatic carbocycles. The molecular formula is C20H25F3N4O3. The van der Waals surface area contributed by atoms with Gasteiger partial charge in [-0.1, -0.05) is 19.8 Å². The molecule has 1 saturated heterocycles. The second kappa shape index (κ2) is 7.81. The highest BCUT2D eigenvalue weighted by Crippen LogP contribution is 2.39. The number of halogens is 3. The normalized spacial score (nSPS) is 24.2. The molecule has 1 aromatic carbocycles. The van der Waals surface area contributed by atoms with Gasteiger partial charge in [0.2, 0.25) is 5.91 Å². The lowest BCUT2D eigenvalue weighted by Crippen LogP contribution is -2.54. The largest absolute Gasteiger partial charge is 0.418 e. The topological polar surface area (TPSA) is 81.8 Å². The van der Waals surface area contributed by atoms with Gasteiger partial charge in [-0.2, -0.15) is 13.2 Å². The van der Waals surface area contributed by atoms with Crippen molar-refractivity contribution in [1.29, 1.82) is 0 Å². The number of anilines is 2. The summed E-state index contributed by atoms with van der Waals surface area (Å²) >= 11 is 0. The highest BCUT2D eigenvalue weighted by molar-refractivity contribution is 6.10. The van der Waals surface area contributed by atoms with Crippen LogP contribution in [0, 0.1) is 5.92 Å². The molecule has 0 bridgehead atoms. The van der Waals surface area contributed by atoms with Crippen LogP contribution in [0.5, 0.6) is 0 Å². The summed E-state index contributed by atoms with van der Waals surface area (Å²) in [5.41, 5.74) is -2.13. The van der Waals surface area contributed by atoms with E-state index in [0.717, 1.165) is 36.3 Å². The number of urea groups is 1. The van der Waals surface area contributed by atoms with E-state index in [4.69, 9.17) is 0 Å². The molecule has 1 spiro atoms. The first-order valence-corrected chi connectivity index (χ1v) is 9.78. The molecule has 2 unspecified atom stereocenters. The summed E-state index contributed by atoms with van der Waals surface area (Å²) < 4.78 is 40.4. The summed E-state index contributed by atoms with van der Waals surface area (Å²) in [4.78, 5) is 40.0. The van der Waals surface area contributed by atoms with Gasteiger partial charge >= 0.3 is 12.2 Å². The van der Waals surface area contributed by atoms with Crippen LogP contribution >= 0.6 is 0 Å².